The van der Waals surface area contributed by atoms with Gasteiger partial charge in [0, 0.05) is 6.54 Å². The van der Waals surface area contributed by atoms with Crippen LogP contribution in [-0.4, -0.2) is 49.5 Å². The minimum Gasteiger partial charge on any atom is -0.364 e. The first-order chi connectivity index (χ1) is 9.37. The third kappa shape index (κ3) is 5.36. The van der Waals surface area contributed by atoms with Crippen molar-refractivity contribution in [3.8, 4) is 0 Å². The fraction of sp³-hybridized carbons (Fsp3) is 0.667. The van der Waals surface area contributed by atoms with Crippen molar-refractivity contribution in [2.24, 2.45) is 5.73 Å². The first kappa shape index (κ1) is 18.0. The number of sulfonamides is 1. The summed E-state index contributed by atoms with van der Waals surface area (Å²) < 4.78 is 29.7. The van der Waals surface area contributed by atoms with Gasteiger partial charge in [0.15, 0.2) is 0 Å². The first-order valence-corrected chi connectivity index (χ1v) is 8.56. The third-order valence-corrected chi connectivity index (χ3v) is 4.04. The molecule has 2 atom stereocenters. The average molecular weight is 358 g/mol. The normalized spacial score (nSPS) is 21.6. The van der Waals surface area contributed by atoms with Gasteiger partial charge in [0.2, 0.25) is 20.3 Å². The van der Waals surface area contributed by atoms with Gasteiger partial charge in [-0.25, -0.2) is 8.42 Å². The Labute approximate surface area is 132 Å². The molecule has 1 aromatic heterocycles. The van der Waals surface area contributed by atoms with Gasteiger partial charge in [-0.05, 0) is 12.8 Å². The van der Waals surface area contributed by atoms with Crippen molar-refractivity contribution in [3.05, 3.63) is 0 Å². The number of carbonyl (C=O) groups excluding carboxylic acids is 1. The molecule has 120 valence electrons. The highest BCUT2D eigenvalue weighted by molar-refractivity contribution is 7.92. The number of nitrogens with one attached hydrogen (secondary N) is 2. The zero-order chi connectivity index (χ0) is 14.8. The maximum atomic E-state index is 11.9. The number of halogens is 1. The predicted molar refractivity (Wildman–Crippen MR) is 81.2 cm³/mol. The van der Waals surface area contributed by atoms with E-state index < -0.39 is 16.1 Å². The van der Waals surface area contributed by atoms with Crippen molar-refractivity contribution in [1.82, 2.24) is 10.2 Å². The maximum Gasteiger partial charge on any atom is 0.255 e. The summed E-state index contributed by atoms with van der Waals surface area (Å²) in [7, 11) is -3.41. The molecule has 1 saturated heterocycles. The van der Waals surface area contributed by atoms with Gasteiger partial charge in [-0.1, -0.05) is 11.3 Å². The average Bonchev–Trinajstić information content (AvgIpc) is 2.96. The number of anilines is 2. The SMILES string of the molecule is CS(=O)(=O)Nc1nnc(NC(=O)[C@@H]2CC[C@H](CN)O2)s1.Cl. The predicted octanol–water partition coefficient (Wildman–Crippen LogP) is -0.224. The summed E-state index contributed by atoms with van der Waals surface area (Å²) >= 11 is 0.929. The zero-order valence-corrected chi connectivity index (χ0v) is 13.6. The second-order valence-electron chi connectivity index (χ2n) is 4.34. The van der Waals surface area contributed by atoms with E-state index in [0.717, 1.165) is 24.0 Å². The lowest BCUT2D eigenvalue weighted by Gasteiger charge is -2.10. The number of nitrogens with zero attached hydrogens (tertiary/aromatic N) is 2. The Morgan fingerprint density at radius 3 is 2.67 bits per heavy atom. The second kappa shape index (κ2) is 7.31. The summed E-state index contributed by atoms with van der Waals surface area (Å²) in [6.07, 6.45) is 1.69. The lowest BCUT2D eigenvalue weighted by Crippen LogP contribution is -2.29. The topological polar surface area (TPSA) is 136 Å². The molecule has 0 saturated carbocycles. The van der Waals surface area contributed by atoms with E-state index in [1.165, 1.54) is 0 Å². The fourth-order valence-electron chi connectivity index (χ4n) is 1.73. The molecule has 1 fully saturated rings. The van der Waals surface area contributed by atoms with Crippen LogP contribution in [0.25, 0.3) is 0 Å². The van der Waals surface area contributed by atoms with Crippen molar-refractivity contribution in [2.75, 3.05) is 22.8 Å². The number of hydrogen-bond donors (Lipinski definition) is 3. The van der Waals surface area contributed by atoms with Gasteiger partial charge < -0.3 is 10.5 Å². The van der Waals surface area contributed by atoms with Crippen molar-refractivity contribution in [2.45, 2.75) is 25.0 Å². The molecular formula is C9H16ClN5O4S2. The van der Waals surface area contributed by atoms with Crippen molar-refractivity contribution in [1.29, 1.82) is 0 Å². The zero-order valence-electron chi connectivity index (χ0n) is 11.1. The van der Waals surface area contributed by atoms with E-state index in [1.54, 1.807) is 0 Å². The lowest BCUT2D eigenvalue weighted by atomic mass is 10.2. The Kier molecular flexibility index (Phi) is 6.28. The number of amides is 1. The van der Waals surface area contributed by atoms with E-state index >= 15 is 0 Å². The minimum atomic E-state index is -3.41. The second-order valence-corrected chi connectivity index (χ2v) is 7.06. The van der Waals surface area contributed by atoms with Crippen LogP contribution in [0.2, 0.25) is 0 Å². The van der Waals surface area contributed by atoms with Gasteiger partial charge in [-0.15, -0.1) is 22.6 Å². The van der Waals surface area contributed by atoms with Crippen LogP contribution in [0.4, 0.5) is 10.3 Å². The number of ether oxygens (including phenoxy) is 1. The molecule has 0 bridgehead atoms. The van der Waals surface area contributed by atoms with E-state index in [2.05, 4.69) is 20.2 Å². The molecule has 4 N–H and O–H groups in total. The van der Waals surface area contributed by atoms with Crippen LogP contribution in [0.5, 0.6) is 0 Å². The Balaban J connectivity index is 0.00000220. The van der Waals surface area contributed by atoms with Crippen molar-refractivity contribution in [3.63, 3.8) is 0 Å². The quantitative estimate of drug-likeness (QED) is 0.662. The minimum absolute atomic E-state index is 0. The smallest absolute Gasteiger partial charge is 0.255 e. The Bertz CT molecular complexity index is 593. The van der Waals surface area contributed by atoms with Crippen LogP contribution >= 0.6 is 23.7 Å². The number of hydrogen-bond acceptors (Lipinski definition) is 8. The molecular weight excluding hydrogens is 342 g/mol. The Morgan fingerprint density at radius 1 is 1.43 bits per heavy atom. The molecule has 0 spiro atoms. The maximum absolute atomic E-state index is 11.9. The summed E-state index contributed by atoms with van der Waals surface area (Å²) in [4.78, 5) is 11.9. The van der Waals surface area contributed by atoms with Crippen molar-refractivity contribution >= 4 is 49.9 Å². The Hall–Kier alpha value is -1.01. The van der Waals surface area contributed by atoms with Gasteiger partial charge in [-0.3, -0.25) is 14.8 Å². The monoisotopic (exact) mass is 357 g/mol. The molecule has 0 radical (unpaired) electrons. The summed E-state index contributed by atoms with van der Waals surface area (Å²) in [5, 5.41) is 10.1. The van der Waals surface area contributed by atoms with Gasteiger partial charge in [-0.2, -0.15) is 0 Å². The van der Waals surface area contributed by atoms with Gasteiger partial charge >= 0.3 is 0 Å². The summed E-state index contributed by atoms with van der Waals surface area (Å²) in [6.45, 7) is 0.380. The molecule has 0 unspecified atom stereocenters. The number of carbonyl (C=O) groups is 1. The number of rotatable bonds is 5. The van der Waals surface area contributed by atoms with E-state index in [-0.39, 0.29) is 34.7 Å². The molecule has 21 heavy (non-hydrogen) atoms. The summed E-state index contributed by atoms with van der Waals surface area (Å²) in [5.41, 5.74) is 5.47. The molecule has 1 aliphatic rings. The van der Waals surface area contributed by atoms with Gasteiger partial charge in [0.1, 0.15) is 6.10 Å². The van der Waals surface area contributed by atoms with Crippen molar-refractivity contribution < 1.29 is 17.9 Å². The molecule has 1 amide bonds. The van der Waals surface area contributed by atoms with Crippen LogP contribution in [0.15, 0.2) is 0 Å². The molecule has 2 heterocycles. The van der Waals surface area contributed by atoms with Crippen LogP contribution in [0.1, 0.15) is 12.8 Å². The van der Waals surface area contributed by atoms with E-state index in [9.17, 15) is 13.2 Å². The molecule has 12 heteroatoms. The molecule has 0 aliphatic carbocycles. The first-order valence-electron chi connectivity index (χ1n) is 5.85. The molecule has 2 rings (SSSR count). The summed E-state index contributed by atoms with van der Waals surface area (Å²) in [6, 6.07) is 0. The highest BCUT2D eigenvalue weighted by Crippen LogP contribution is 2.23. The highest BCUT2D eigenvalue weighted by atomic mass is 35.5. The van der Waals surface area contributed by atoms with E-state index in [4.69, 9.17) is 10.5 Å². The van der Waals surface area contributed by atoms with E-state index in [1.807, 2.05) is 0 Å². The van der Waals surface area contributed by atoms with Crippen LogP contribution in [-0.2, 0) is 19.6 Å². The standard InChI is InChI=1S/C9H15N5O4S2.ClH/c1-20(16,17)14-9-13-12-8(19-9)11-7(15)6-3-2-5(4-10)18-6;/h5-6H,2-4,10H2,1H3,(H,13,14)(H,11,12,15);1H/t5-,6+;/m1./s1. The van der Waals surface area contributed by atoms with Gasteiger partial charge in [0.05, 0.1) is 12.4 Å². The summed E-state index contributed by atoms with van der Waals surface area (Å²) in [5.74, 6) is -0.331. The molecule has 1 aliphatic heterocycles. The number of aromatic nitrogens is 2. The molecule has 1 aromatic rings. The number of nitrogens with two attached hydrogens (primary N) is 1. The van der Waals surface area contributed by atoms with Crippen LogP contribution < -0.4 is 15.8 Å². The molecule has 9 nitrogen and oxygen atoms in total. The fourth-order valence-corrected chi connectivity index (χ4v) is 3.21. The van der Waals surface area contributed by atoms with E-state index in [0.29, 0.717) is 13.0 Å². The largest absolute Gasteiger partial charge is 0.364 e. The molecule has 0 aromatic carbocycles. The Morgan fingerprint density at radius 2 is 2.10 bits per heavy atom. The lowest BCUT2D eigenvalue weighted by molar-refractivity contribution is -0.126. The van der Waals surface area contributed by atoms with Gasteiger partial charge in [0.25, 0.3) is 5.91 Å². The third-order valence-electron chi connectivity index (χ3n) is 2.59. The van der Waals surface area contributed by atoms with Crippen LogP contribution in [0.3, 0.4) is 0 Å². The highest BCUT2D eigenvalue weighted by Gasteiger charge is 2.30. The van der Waals surface area contributed by atoms with Crippen LogP contribution in [0, 0.1) is 0 Å².